The summed E-state index contributed by atoms with van der Waals surface area (Å²) in [5, 5.41) is 2.83. The van der Waals surface area contributed by atoms with Crippen molar-refractivity contribution < 1.29 is 9.53 Å². The second kappa shape index (κ2) is 6.46. The number of nitrogens with zero attached hydrogens (tertiary/aromatic N) is 1. The SMILES string of the molecule is Cc1ccc(-c2nc(COC(=O)c3cc(Br)c[nH]3)cs2)cc1. The van der Waals surface area contributed by atoms with E-state index in [2.05, 4.69) is 45.0 Å². The predicted molar refractivity (Wildman–Crippen MR) is 89.9 cm³/mol. The molecule has 0 unspecified atom stereocenters. The van der Waals surface area contributed by atoms with Crippen molar-refractivity contribution in [3.05, 3.63) is 63.3 Å². The summed E-state index contributed by atoms with van der Waals surface area (Å²) in [5.41, 5.74) is 3.45. The number of aromatic nitrogens is 2. The highest BCUT2D eigenvalue weighted by molar-refractivity contribution is 9.10. The van der Waals surface area contributed by atoms with E-state index in [0.717, 1.165) is 20.7 Å². The highest BCUT2D eigenvalue weighted by Gasteiger charge is 2.11. The van der Waals surface area contributed by atoms with Crippen LogP contribution in [0.25, 0.3) is 10.6 Å². The molecule has 2 aromatic heterocycles. The van der Waals surface area contributed by atoms with Gasteiger partial charge < -0.3 is 9.72 Å². The van der Waals surface area contributed by atoms with Crippen molar-refractivity contribution >= 4 is 33.2 Å². The van der Waals surface area contributed by atoms with Crippen molar-refractivity contribution in [1.29, 1.82) is 0 Å². The lowest BCUT2D eigenvalue weighted by Gasteiger charge is -2.00. The van der Waals surface area contributed by atoms with Gasteiger partial charge in [-0.2, -0.15) is 0 Å². The number of benzene rings is 1. The molecule has 3 rings (SSSR count). The number of halogens is 1. The van der Waals surface area contributed by atoms with Gasteiger partial charge in [-0.25, -0.2) is 9.78 Å². The van der Waals surface area contributed by atoms with E-state index in [0.29, 0.717) is 5.69 Å². The number of rotatable bonds is 4. The van der Waals surface area contributed by atoms with Gasteiger partial charge in [0.05, 0.1) is 5.69 Å². The Hall–Kier alpha value is -1.92. The maximum Gasteiger partial charge on any atom is 0.355 e. The molecule has 2 heterocycles. The highest BCUT2D eigenvalue weighted by Crippen LogP contribution is 2.24. The van der Waals surface area contributed by atoms with E-state index in [4.69, 9.17) is 4.74 Å². The zero-order valence-corrected chi connectivity index (χ0v) is 14.2. The maximum atomic E-state index is 11.8. The molecule has 0 bridgehead atoms. The minimum atomic E-state index is -0.393. The molecule has 0 atom stereocenters. The first-order valence-corrected chi connectivity index (χ1v) is 8.31. The van der Waals surface area contributed by atoms with Crippen LogP contribution in [0, 0.1) is 6.92 Å². The Morgan fingerprint density at radius 3 is 2.82 bits per heavy atom. The molecule has 0 saturated carbocycles. The van der Waals surface area contributed by atoms with Gasteiger partial charge in [0, 0.05) is 21.6 Å². The normalized spacial score (nSPS) is 10.6. The van der Waals surface area contributed by atoms with Gasteiger partial charge in [0.2, 0.25) is 0 Å². The Bertz CT molecular complexity index is 793. The molecule has 3 aromatic rings. The van der Waals surface area contributed by atoms with E-state index in [9.17, 15) is 4.79 Å². The summed E-state index contributed by atoms with van der Waals surface area (Å²) in [5.74, 6) is -0.393. The fourth-order valence-electron chi connectivity index (χ4n) is 1.91. The molecule has 0 aliphatic carbocycles. The standard InChI is InChI=1S/C16H13BrN2O2S/c1-10-2-4-11(5-3-10)15-19-13(9-22-15)8-21-16(20)14-6-12(17)7-18-14/h2-7,9,18H,8H2,1H3. The van der Waals surface area contributed by atoms with E-state index < -0.39 is 5.97 Å². The van der Waals surface area contributed by atoms with Crippen molar-refractivity contribution in [3.8, 4) is 10.6 Å². The molecular weight excluding hydrogens is 364 g/mol. The van der Waals surface area contributed by atoms with Gasteiger partial charge in [-0.15, -0.1) is 11.3 Å². The van der Waals surface area contributed by atoms with Gasteiger partial charge in [0.1, 0.15) is 17.3 Å². The zero-order chi connectivity index (χ0) is 15.5. The van der Waals surface area contributed by atoms with E-state index in [-0.39, 0.29) is 6.61 Å². The first kappa shape index (κ1) is 15.0. The molecule has 0 amide bonds. The molecule has 0 aliphatic rings. The number of hydrogen-bond acceptors (Lipinski definition) is 4. The molecule has 0 spiro atoms. The number of hydrogen-bond donors (Lipinski definition) is 1. The van der Waals surface area contributed by atoms with Crippen molar-refractivity contribution in [1.82, 2.24) is 9.97 Å². The summed E-state index contributed by atoms with van der Waals surface area (Å²) in [4.78, 5) is 19.2. The smallest absolute Gasteiger partial charge is 0.355 e. The molecule has 1 aromatic carbocycles. The number of thiazole rings is 1. The quantitative estimate of drug-likeness (QED) is 0.678. The summed E-state index contributed by atoms with van der Waals surface area (Å²) in [6.45, 7) is 2.22. The first-order chi connectivity index (χ1) is 10.6. The van der Waals surface area contributed by atoms with Crippen LogP contribution in [0.4, 0.5) is 0 Å². The average Bonchev–Trinajstić information content (AvgIpc) is 3.15. The number of nitrogens with one attached hydrogen (secondary N) is 1. The van der Waals surface area contributed by atoms with Gasteiger partial charge in [0.25, 0.3) is 0 Å². The van der Waals surface area contributed by atoms with Crippen LogP contribution in [0.2, 0.25) is 0 Å². The Morgan fingerprint density at radius 2 is 2.14 bits per heavy atom. The first-order valence-electron chi connectivity index (χ1n) is 6.64. The lowest BCUT2D eigenvalue weighted by Crippen LogP contribution is -2.05. The average molecular weight is 377 g/mol. The molecule has 0 radical (unpaired) electrons. The lowest BCUT2D eigenvalue weighted by molar-refractivity contribution is 0.0462. The summed E-state index contributed by atoms with van der Waals surface area (Å²) in [6.07, 6.45) is 1.69. The molecule has 4 nitrogen and oxygen atoms in total. The number of aromatic amines is 1. The van der Waals surface area contributed by atoms with Crippen LogP contribution in [0.3, 0.4) is 0 Å². The van der Waals surface area contributed by atoms with Crippen LogP contribution >= 0.6 is 27.3 Å². The number of carbonyl (C=O) groups excluding carboxylic acids is 1. The predicted octanol–water partition coefficient (Wildman–Crippen LogP) is 4.57. The monoisotopic (exact) mass is 376 g/mol. The minimum Gasteiger partial charge on any atom is -0.454 e. The molecule has 1 N–H and O–H groups in total. The second-order valence-corrected chi connectivity index (χ2v) is 6.59. The molecule has 6 heteroatoms. The van der Waals surface area contributed by atoms with E-state index in [1.54, 1.807) is 23.6 Å². The number of H-pyrrole nitrogens is 1. The Kier molecular flexibility index (Phi) is 4.40. The summed E-state index contributed by atoms with van der Waals surface area (Å²) >= 11 is 4.82. The van der Waals surface area contributed by atoms with Crippen LogP contribution in [0.15, 0.2) is 46.4 Å². The van der Waals surface area contributed by atoms with E-state index >= 15 is 0 Å². The minimum absolute atomic E-state index is 0.165. The Morgan fingerprint density at radius 1 is 1.36 bits per heavy atom. The number of carbonyl (C=O) groups is 1. The van der Waals surface area contributed by atoms with Crippen LogP contribution in [-0.4, -0.2) is 15.9 Å². The third kappa shape index (κ3) is 3.45. The second-order valence-electron chi connectivity index (χ2n) is 4.82. The fourth-order valence-corrected chi connectivity index (χ4v) is 3.06. The number of ether oxygens (including phenoxy) is 1. The third-order valence-corrected chi connectivity index (χ3v) is 4.47. The summed E-state index contributed by atoms with van der Waals surface area (Å²) in [7, 11) is 0. The van der Waals surface area contributed by atoms with Crippen molar-refractivity contribution in [2.75, 3.05) is 0 Å². The van der Waals surface area contributed by atoms with Gasteiger partial charge in [-0.3, -0.25) is 0 Å². The lowest BCUT2D eigenvalue weighted by atomic mass is 10.2. The topological polar surface area (TPSA) is 55.0 Å². The van der Waals surface area contributed by atoms with Gasteiger partial charge in [-0.05, 0) is 28.9 Å². The van der Waals surface area contributed by atoms with Crippen LogP contribution in [0.1, 0.15) is 21.7 Å². The van der Waals surface area contributed by atoms with Gasteiger partial charge >= 0.3 is 5.97 Å². The molecule has 112 valence electrons. The van der Waals surface area contributed by atoms with Gasteiger partial charge in [0.15, 0.2) is 0 Å². The van der Waals surface area contributed by atoms with Crippen molar-refractivity contribution in [3.63, 3.8) is 0 Å². The molecule has 22 heavy (non-hydrogen) atoms. The van der Waals surface area contributed by atoms with Crippen LogP contribution in [-0.2, 0) is 11.3 Å². The summed E-state index contributed by atoms with van der Waals surface area (Å²) in [6, 6.07) is 9.88. The van der Waals surface area contributed by atoms with Crippen LogP contribution < -0.4 is 0 Å². The molecule has 0 saturated heterocycles. The molecular formula is C16H13BrN2O2S. The van der Waals surface area contributed by atoms with E-state index in [1.165, 1.54) is 5.56 Å². The number of esters is 1. The molecule has 0 fully saturated rings. The number of aryl methyl sites for hydroxylation is 1. The zero-order valence-electron chi connectivity index (χ0n) is 11.8. The van der Waals surface area contributed by atoms with E-state index in [1.807, 2.05) is 17.5 Å². The molecule has 0 aliphatic heterocycles. The third-order valence-electron chi connectivity index (χ3n) is 3.07. The Labute approximate surface area is 140 Å². The maximum absolute atomic E-state index is 11.8. The van der Waals surface area contributed by atoms with Crippen molar-refractivity contribution in [2.24, 2.45) is 0 Å². The highest BCUT2D eigenvalue weighted by atomic mass is 79.9. The van der Waals surface area contributed by atoms with Crippen molar-refractivity contribution in [2.45, 2.75) is 13.5 Å². The largest absolute Gasteiger partial charge is 0.454 e. The van der Waals surface area contributed by atoms with Crippen LogP contribution in [0.5, 0.6) is 0 Å². The fraction of sp³-hybridized carbons (Fsp3) is 0.125. The summed E-state index contributed by atoms with van der Waals surface area (Å²) < 4.78 is 6.06. The Balaban J connectivity index is 1.64. The van der Waals surface area contributed by atoms with Gasteiger partial charge in [-0.1, -0.05) is 29.8 Å².